The van der Waals surface area contributed by atoms with Gasteiger partial charge in [-0.3, -0.25) is 0 Å². The zero-order chi connectivity index (χ0) is 81.6. The molecule has 17 aromatic rings. The van der Waals surface area contributed by atoms with E-state index in [0.717, 1.165) is 0 Å². The van der Waals surface area contributed by atoms with Crippen molar-refractivity contribution in [3.05, 3.63) is 369 Å². The Kier molecular flexibility index (Phi) is 40.0. The van der Waals surface area contributed by atoms with Crippen LogP contribution in [0, 0.1) is 96.9 Å². The van der Waals surface area contributed by atoms with E-state index < -0.39 is 0 Å². The highest BCUT2D eigenvalue weighted by atomic mass is 14.1. The Labute approximate surface area is 666 Å². The van der Waals surface area contributed by atoms with E-state index in [1.54, 1.807) is 0 Å². The molecule has 0 aliphatic rings. The number of rotatable bonds is 0. The molecule has 0 heteroatoms. The maximum atomic E-state index is 2.30. The van der Waals surface area contributed by atoms with Crippen molar-refractivity contribution in [3.8, 4) is 0 Å². The fourth-order valence-electron chi connectivity index (χ4n) is 13.4. The van der Waals surface area contributed by atoms with Gasteiger partial charge in [-0.05, 0) is 296 Å². The summed E-state index contributed by atoms with van der Waals surface area (Å²) < 4.78 is 0. The molecule has 17 aromatic carbocycles. The lowest BCUT2D eigenvalue weighted by Gasteiger charge is -2.11. The monoisotopic (exact) mass is 1450 g/mol. The average molecular weight is 1450 g/mol. The summed E-state index contributed by atoms with van der Waals surface area (Å²) in [5, 5.41) is 27.1. The van der Waals surface area contributed by atoms with Gasteiger partial charge in [0.25, 0.3) is 0 Å². The summed E-state index contributed by atoms with van der Waals surface area (Å²) in [7, 11) is 0. The van der Waals surface area contributed by atoms with Crippen LogP contribution in [0.1, 0.15) is 175 Å². The third-order valence-electron chi connectivity index (χ3n) is 19.4. The van der Waals surface area contributed by atoms with Crippen LogP contribution in [-0.2, 0) is 0 Å². The Morgan fingerprint density at radius 2 is 0.355 bits per heavy atom. The molecule has 0 spiro atoms. The number of aryl methyl sites for hydroxylation is 14. The third kappa shape index (κ3) is 24.4. The van der Waals surface area contributed by atoms with E-state index in [1.807, 2.05) is 96.9 Å². The Morgan fingerprint density at radius 3 is 0.700 bits per heavy atom. The van der Waals surface area contributed by atoms with Gasteiger partial charge in [-0.25, -0.2) is 0 Å². The molecule has 110 heavy (non-hydrogen) atoms. The minimum atomic E-state index is 1.32. The van der Waals surface area contributed by atoms with Gasteiger partial charge in [0.05, 0.1) is 0 Å². The molecule has 0 nitrogen and oxygen atoms in total. The summed E-state index contributed by atoms with van der Waals surface area (Å²) >= 11 is 0. The van der Waals surface area contributed by atoms with E-state index in [1.165, 1.54) is 186 Å². The van der Waals surface area contributed by atoms with Gasteiger partial charge in [0.15, 0.2) is 0 Å². The van der Waals surface area contributed by atoms with Crippen molar-refractivity contribution < 1.29 is 0 Å². The number of fused-ring (bicyclic) bond motifs is 10. The molecule has 0 aromatic heterocycles. The minimum Gasteiger partial charge on any atom is -0.0683 e. The van der Waals surface area contributed by atoms with Gasteiger partial charge in [0.1, 0.15) is 0 Å². The van der Waals surface area contributed by atoms with Crippen LogP contribution in [-0.4, -0.2) is 0 Å². The summed E-state index contributed by atoms with van der Waals surface area (Å²) in [6.45, 7) is 58.3. The highest BCUT2D eigenvalue weighted by molar-refractivity contribution is 6.06. The molecule has 0 unspecified atom stereocenters. The van der Waals surface area contributed by atoms with Crippen molar-refractivity contribution in [1.29, 1.82) is 0 Å². The van der Waals surface area contributed by atoms with Gasteiger partial charge in [0.2, 0.25) is 0 Å². The molecule has 0 amide bonds. The molecule has 0 bridgehead atoms. The maximum Gasteiger partial charge on any atom is -0.0146 e. The smallest absolute Gasteiger partial charge is 0.0146 e. The van der Waals surface area contributed by atoms with E-state index in [2.05, 4.69) is 388 Å². The van der Waals surface area contributed by atoms with Crippen molar-refractivity contribution >= 4 is 108 Å². The van der Waals surface area contributed by atoms with Gasteiger partial charge < -0.3 is 0 Å². The molecular weight excluding hydrogens is 1320 g/mol. The van der Waals surface area contributed by atoms with Crippen LogP contribution in [0.25, 0.3) is 108 Å². The predicted octanol–water partition coefficient (Wildman–Crippen LogP) is 34.8. The maximum absolute atomic E-state index is 2.30. The lowest BCUT2D eigenvalue weighted by Crippen LogP contribution is -1.87. The molecule has 0 saturated heterocycles. The zero-order valence-electron chi connectivity index (χ0n) is 72.7. The largest absolute Gasteiger partial charge is 0.0683 e. The van der Waals surface area contributed by atoms with Crippen molar-refractivity contribution in [1.82, 2.24) is 0 Å². The molecular formula is C110H132. The summed E-state index contributed by atoms with van der Waals surface area (Å²) in [4.78, 5) is 0. The van der Waals surface area contributed by atoms with Crippen LogP contribution < -0.4 is 0 Å². The second-order valence-corrected chi connectivity index (χ2v) is 26.3. The molecule has 0 atom stereocenters. The first-order chi connectivity index (χ1) is 53.4. The van der Waals surface area contributed by atoms with Gasteiger partial charge in [-0.15, -0.1) is 0 Å². The summed E-state index contributed by atoms with van der Waals surface area (Å²) in [6, 6.07) is 104. The number of hydrogen-bond donors (Lipinski definition) is 0. The van der Waals surface area contributed by atoms with Crippen molar-refractivity contribution in [2.45, 2.75) is 194 Å². The Balaban J connectivity index is 0.000000264. The van der Waals surface area contributed by atoms with Crippen LogP contribution in [0.2, 0.25) is 0 Å². The fourth-order valence-corrected chi connectivity index (χ4v) is 13.4. The van der Waals surface area contributed by atoms with Crippen LogP contribution in [0.4, 0.5) is 0 Å². The van der Waals surface area contributed by atoms with Crippen molar-refractivity contribution in [3.63, 3.8) is 0 Å². The zero-order valence-corrected chi connectivity index (χ0v) is 72.7. The fraction of sp³-hybridized carbons (Fsp3) is 0.255. The molecule has 17 rings (SSSR count). The molecule has 0 radical (unpaired) electrons. The minimum absolute atomic E-state index is 1.32. The van der Waals surface area contributed by atoms with Crippen molar-refractivity contribution in [2.24, 2.45) is 0 Å². The normalized spacial score (nSPS) is 9.82. The lowest BCUT2D eigenvalue weighted by atomic mass is 9.93. The van der Waals surface area contributed by atoms with Crippen LogP contribution in [0.3, 0.4) is 0 Å². The molecule has 0 aliphatic heterocycles. The second kappa shape index (κ2) is 48.0. The van der Waals surface area contributed by atoms with E-state index in [0.29, 0.717) is 0 Å². The molecule has 0 aliphatic carbocycles. The quantitative estimate of drug-likeness (QED) is 0.133. The van der Waals surface area contributed by atoms with Gasteiger partial charge >= 0.3 is 0 Å². The standard InChI is InChI=1S/3C16H14.4C12H12.7C2H6/c1-11-3-5-13-10-16-8-12(2)4-6-14(16)9-15(13)7-11;1-11-5-3-7-13-10-16-12(2)6-4-8-14(16)9-15(11)13;1-11-13-7-3-5-9-15(13)12(2)16-10-6-4-8-14(11)16;1-9-5-3-8-12-10(2)6-4-7-11(9)12;1-9-7-11-5-3-4-6-12(11)8-10(9)2;1-9-7-8-11-5-3-4-6-12(11)10(9)2;1-9-7-8-10(2)12-6-4-3-5-11(9)12;7*1-2/h3*3-10H,1-2H3;4*3-8H,1-2H3;7*1-2H3. The van der Waals surface area contributed by atoms with E-state index in [9.17, 15) is 0 Å². The third-order valence-corrected chi connectivity index (χ3v) is 19.4. The van der Waals surface area contributed by atoms with Gasteiger partial charge in [0, 0.05) is 0 Å². The highest BCUT2D eigenvalue weighted by Crippen LogP contribution is 2.33. The van der Waals surface area contributed by atoms with E-state index >= 15 is 0 Å². The van der Waals surface area contributed by atoms with Gasteiger partial charge in [-0.2, -0.15) is 0 Å². The Bertz CT molecular complexity index is 5220. The first-order valence-electron chi connectivity index (χ1n) is 40.9. The van der Waals surface area contributed by atoms with Crippen molar-refractivity contribution in [2.75, 3.05) is 0 Å². The molecule has 0 fully saturated rings. The SMILES string of the molecule is CC.CC.CC.CC.CC.CC.CC.Cc1c2ccccc2c(C)c2ccccc12.Cc1cc2ccccc2cc1C.Cc1ccc(C)c2ccccc12.Cc1ccc2cc3cc(C)ccc3cc2c1.Cc1ccc2ccccc2c1C.Cc1cccc2c(C)cccc12.Cc1cccc2cc3c(C)cccc3cc12. The Hall–Kier alpha value is -10.7. The van der Waals surface area contributed by atoms with E-state index in [4.69, 9.17) is 0 Å². The highest BCUT2D eigenvalue weighted by Gasteiger charge is 2.08. The lowest BCUT2D eigenvalue weighted by molar-refractivity contribution is 1.37. The number of benzene rings is 17. The Morgan fingerprint density at radius 1 is 0.118 bits per heavy atom. The van der Waals surface area contributed by atoms with Gasteiger partial charge in [-0.1, -0.05) is 375 Å². The molecule has 0 saturated carbocycles. The summed E-state index contributed by atoms with van der Waals surface area (Å²) in [6.07, 6.45) is 0. The summed E-state index contributed by atoms with van der Waals surface area (Å²) in [5.41, 5.74) is 19.0. The first-order valence-corrected chi connectivity index (χ1v) is 40.9. The van der Waals surface area contributed by atoms with Crippen LogP contribution in [0.15, 0.2) is 291 Å². The average Bonchev–Trinajstić information content (AvgIpc) is 0.754. The van der Waals surface area contributed by atoms with Crippen LogP contribution >= 0.6 is 0 Å². The molecule has 572 valence electrons. The summed E-state index contributed by atoms with van der Waals surface area (Å²) in [5.74, 6) is 0. The molecule has 0 heterocycles. The molecule has 0 N–H and O–H groups in total. The van der Waals surface area contributed by atoms with E-state index in [-0.39, 0.29) is 0 Å². The second-order valence-electron chi connectivity index (χ2n) is 26.3. The predicted molar refractivity (Wildman–Crippen MR) is 506 cm³/mol. The van der Waals surface area contributed by atoms with Crippen LogP contribution in [0.5, 0.6) is 0 Å². The topological polar surface area (TPSA) is 0 Å². The number of hydrogen-bond acceptors (Lipinski definition) is 0. The first kappa shape index (κ1) is 91.7.